The molecule has 1 heterocycles. The summed E-state index contributed by atoms with van der Waals surface area (Å²) >= 11 is 0. The van der Waals surface area contributed by atoms with Crippen LogP contribution < -0.4 is 4.72 Å². The quantitative estimate of drug-likeness (QED) is 0.731. The summed E-state index contributed by atoms with van der Waals surface area (Å²) in [5, 5.41) is 15.7. The fraction of sp³-hybridized carbons (Fsp3) is 0.182. The van der Waals surface area contributed by atoms with Gasteiger partial charge in [0.05, 0.1) is 12.3 Å². The Bertz CT molecular complexity index is 581. The highest BCUT2D eigenvalue weighted by molar-refractivity contribution is 7.89. The van der Waals surface area contributed by atoms with Crippen molar-refractivity contribution in [2.75, 3.05) is 6.54 Å². The van der Waals surface area contributed by atoms with Crippen molar-refractivity contribution in [2.45, 2.75) is 11.1 Å². The molecule has 3 N–H and O–H groups in total. The number of H-pyrrole nitrogens is 1. The number of benzene rings is 1. The second-order valence-corrected chi connectivity index (χ2v) is 5.43. The lowest BCUT2D eigenvalue weighted by Gasteiger charge is -2.11. The summed E-state index contributed by atoms with van der Waals surface area (Å²) in [4.78, 5) is 0. The molecule has 0 saturated carbocycles. The van der Waals surface area contributed by atoms with Crippen LogP contribution in [-0.2, 0) is 10.0 Å². The third-order valence-corrected chi connectivity index (χ3v) is 3.77. The molecule has 0 saturated heterocycles. The van der Waals surface area contributed by atoms with E-state index >= 15 is 0 Å². The van der Waals surface area contributed by atoms with E-state index in [4.69, 9.17) is 0 Å². The number of aliphatic hydroxyl groups is 1. The second kappa shape index (κ2) is 5.30. The van der Waals surface area contributed by atoms with Gasteiger partial charge in [0.15, 0.2) is 5.03 Å². The second-order valence-electron chi connectivity index (χ2n) is 3.70. The SMILES string of the molecule is O=S(=O)(NCC(O)c1ccccc1)c1ccn[nH]1. The van der Waals surface area contributed by atoms with Gasteiger partial charge in [-0.3, -0.25) is 5.10 Å². The highest BCUT2D eigenvalue weighted by Crippen LogP contribution is 2.12. The Kier molecular flexibility index (Phi) is 3.75. The lowest BCUT2D eigenvalue weighted by atomic mass is 10.1. The Balaban J connectivity index is 2.00. The van der Waals surface area contributed by atoms with Crippen molar-refractivity contribution in [3.05, 3.63) is 48.2 Å². The molecular weight excluding hydrogens is 254 g/mol. The smallest absolute Gasteiger partial charge is 0.257 e. The fourth-order valence-corrected chi connectivity index (χ4v) is 2.40. The number of sulfonamides is 1. The number of nitrogens with zero attached hydrogens (tertiary/aromatic N) is 1. The van der Waals surface area contributed by atoms with E-state index in [1.165, 1.54) is 12.3 Å². The minimum atomic E-state index is -3.65. The standard InChI is InChI=1S/C11H13N3O3S/c15-10(9-4-2-1-3-5-9)8-13-18(16,17)11-6-7-12-14-11/h1-7,10,13,15H,8H2,(H,12,14). The van der Waals surface area contributed by atoms with Gasteiger partial charge in [-0.2, -0.15) is 5.10 Å². The Morgan fingerprint density at radius 1 is 1.28 bits per heavy atom. The fourth-order valence-electron chi connectivity index (χ4n) is 1.45. The highest BCUT2D eigenvalue weighted by atomic mass is 32.2. The molecule has 7 heteroatoms. The molecular formula is C11H13N3O3S. The number of aromatic amines is 1. The first kappa shape index (κ1) is 12.7. The molecule has 0 spiro atoms. The van der Waals surface area contributed by atoms with Gasteiger partial charge in [-0.15, -0.1) is 0 Å². The van der Waals surface area contributed by atoms with Crippen molar-refractivity contribution >= 4 is 10.0 Å². The van der Waals surface area contributed by atoms with E-state index in [2.05, 4.69) is 14.9 Å². The molecule has 1 atom stereocenters. The molecule has 6 nitrogen and oxygen atoms in total. The van der Waals surface area contributed by atoms with Crippen LogP contribution in [0.2, 0.25) is 0 Å². The lowest BCUT2D eigenvalue weighted by Crippen LogP contribution is -2.28. The average molecular weight is 267 g/mol. The predicted molar refractivity (Wildman–Crippen MR) is 65.2 cm³/mol. The number of hydrogen-bond acceptors (Lipinski definition) is 4. The number of hydrogen-bond donors (Lipinski definition) is 3. The lowest BCUT2D eigenvalue weighted by molar-refractivity contribution is 0.182. The van der Waals surface area contributed by atoms with Crippen molar-refractivity contribution < 1.29 is 13.5 Å². The molecule has 0 aliphatic heterocycles. The Labute approximate surface area is 105 Å². The van der Waals surface area contributed by atoms with Gasteiger partial charge in [0.25, 0.3) is 10.0 Å². The molecule has 0 bridgehead atoms. The van der Waals surface area contributed by atoms with Crippen LogP contribution in [0.3, 0.4) is 0 Å². The predicted octanol–water partition coefficient (Wildman–Crippen LogP) is 0.422. The number of nitrogens with one attached hydrogen (secondary N) is 2. The zero-order valence-corrected chi connectivity index (χ0v) is 10.3. The van der Waals surface area contributed by atoms with Crippen molar-refractivity contribution in [1.82, 2.24) is 14.9 Å². The highest BCUT2D eigenvalue weighted by Gasteiger charge is 2.17. The van der Waals surface area contributed by atoms with Crippen LogP contribution >= 0.6 is 0 Å². The van der Waals surface area contributed by atoms with E-state index in [0.29, 0.717) is 5.56 Å². The molecule has 0 fully saturated rings. The van der Waals surface area contributed by atoms with Crippen LogP contribution in [0.1, 0.15) is 11.7 Å². The summed E-state index contributed by atoms with van der Waals surface area (Å²) in [6.45, 7) is -0.0919. The van der Waals surface area contributed by atoms with Gasteiger partial charge in [-0.05, 0) is 11.6 Å². The van der Waals surface area contributed by atoms with Crippen LogP contribution in [0, 0.1) is 0 Å². The van der Waals surface area contributed by atoms with Gasteiger partial charge in [0.2, 0.25) is 0 Å². The molecule has 18 heavy (non-hydrogen) atoms. The molecule has 0 aliphatic rings. The third-order valence-electron chi connectivity index (χ3n) is 2.42. The van der Waals surface area contributed by atoms with Crippen LogP contribution in [0.4, 0.5) is 0 Å². The number of rotatable bonds is 5. The Morgan fingerprint density at radius 2 is 2.00 bits per heavy atom. The zero-order valence-electron chi connectivity index (χ0n) is 9.45. The first-order valence-electron chi connectivity index (χ1n) is 5.31. The van der Waals surface area contributed by atoms with Crippen molar-refractivity contribution in [1.29, 1.82) is 0 Å². The van der Waals surface area contributed by atoms with E-state index in [1.54, 1.807) is 24.3 Å². The minimum Gasteiger partial charge on any atom is -0.387 e. The number of aromatic nitrogens is 2. The molecule has 2 rings (SSSR count). The maximum atomic E-state index is 11.7. The van der Waals surface area contributed by atoms with Crippen molar-refractivity contribution in [2.24, 2.45) is 0 Å². The summed E-state index contributed by atoms with van der Waals surface area (Å²) in [6, 6.07) is 10.2. The van der Waals surface area contributed by atoms with Crippen molar-refractivity contribution in [3.63, 3.8) is 0 Å². The molecule has 0 radical (unpaired) electrons. The first-order chi connectivity index (χ1) is 8.59. The summed E-state index contributed by atoms with van der Waals surface area (Å²) in [5.41, 5.74) is 0.657. The van der Waals surface area contributed by atoms with Crippen LogP contribution in [0.25, 0.3) is 0 Å². The van der Waals surface area contributed by atoms with Gasteiger partial charge in [-0.1, -0.05) is 30.3 Å². The summed E-state index contributed by atoms with van der Waals surface area (Å²) in [7, 11) is -3.65. The van der Waals surface area contributed by atoms with Crippen molar-refractivity contribution in [3.8, 4) is 0 Å². The van der Waals surface area contributed by atoms with E-state index in [-0.39, 0.29) is 11.6 Å². The van der Waals surface area contributed by atoms with Crippen LogP contribution in [-0.4, -0.2) is 30.3 Å². The molecule has 96 valence electrons. The summed E-state index contributed by atoms with van der Waals surface area (Å²) in [6.07, 6.45) is 0.464. The molecule has 1 unspecified atom stereocenters. The largest absolute Gasteiger partial charge is 0.387 e. The van der Waals surface area contributed by atoms with E-state index in [9.17, 15) is 13.5 Å². The maximum absolute atomic E-state index is 11.7. The molecule has 1 aromatic carbocycles. The normalized spacial score (nSPS) is 13.4. The van der Waals surface area contributed by atoms with Crippen LogP contribution in [0.5, 0.6) is 0 Å². The molecule has 2 aromatic rings. The minimum absolute atomic E-state index is 0.0252. The van der Waals surface area contributed by atoms with Gasteiger partial charge in [-0.25, -0.2) is 13.1 Å². The molecule has 0 aliphatic carbocycles. The van der Waals surface area contributed by atoms with E-state index < -0.39 is 16.1 Å². The van der Waals surface area contributed by atoms with Gasteiger partial charge < -0.3 is 5.11 Å². The summed E-state index contributed by atoms with van der Waals surface area (Å²) < 4.78 is 25.8. The average Bonchev–Trinajstić information content (AvgIpc) is 2.92. The Morgan fingerprint density at radius 3 is 2.61 bits per heavy atom. The topological polar surface area (TPSA) is 95.1 Å². The van der Waals surface area contributed by atoms with Gasteiger partial charge in [0.1, 0.15) is 0 Å². The Hall–Kier alpha value is -1.70. The zero-order chi connectivity index (χ0) is 13.0. The number of aliphatic hydroxyl groups excluding tert-OH is 1. The van der Waals surface area contributed by atoms with Crippen LogP contribution in [0.15, 0.2) is 47.6 Å². The monoisotopic (exact) mass is 267 g/mol. The summed E-state index contributed by atoms with van der Waals surface area (Å²) in [5.74, 6) is 0. The van der Waals surface area contributed by atoms with E-state index in [0.717, 1.165) is 0 Å². The third kappa shape index (κ3) is 2.95. The molecule has 0 amide bonds. The van der Waals surface area contributed by atoms with Gasteiger partial charge >= 0.3 is 0 Å². The molecule has 1 aromatic heterocycles. The first-order valence-corrected chi connectivity index (χ1v) is 6.80. The van der Waals surface area contributed by atoms with E-state index in [1.807, 2.05) is 6.07 Å². The van der Waals surface area contributed by atoms with Gasteiger partial charge in [0, 0.05) is 6.54 Å². The maximum Gasteiger partial charge on any atom is 0.257 e.